The van der Waals surface area contributed by atoms with Crippen molar-refractivity contribution in [1.82, 2.24) is 4.90 Å². The number of benzene rings is 1. The number of hydrogen-bond donors (Lipinski definition) is 0. The number of hydrogen-bond acceptors (Lipinski definition) is 3. The first-order valence-corrected chi connectivity index (χ1v) is 12.0. The lowest BCUT2D eigenvalue weighted by Crippen LogP contribution is -2.42. The van der Waals surface area contributed by atoms with E-state index in [-0.39, 0.29) is 17.9 Å². The van der Waals surface area contributed by atoms with Gasteiger partial charge in [0.2, 0.25) is 0 Å². The van der Waals surface area contributed by atoms with Crippen molar-refractivity contribution < 1.29 is 9.53 Å². The van der Waals surface area contributed by atoms with Crippen LogP contribution in [0.3, 0.4) is 0 Å². The Morgan fingerprint density at radius 2 is 2.03 bits per heavy atom. The number of amidine groups is 1. The third-order valence-electron chi connectivity index (χ3n) is 5.45. The predicted molar refractivity (Wildman–Crippen MR) is 134 cm³/mol. The first kappa shape index (κ1) is 24.8. The van der Waals surface area contributed by atoms with Crippen LogP contribution in [0.2, 0.25) is 0 Å². The zero-order valence-corrected chi connectivity index (χ0v) is 20.7. The van der Waals surface area contributed by atoms with Gasteiger partial charge >= 0.3 is 0 Å². The first-order chi connectivity index (χ1) is 14.5. The molecule has 1 aliphatic rings. The highest BCUT2D eigenvalue weighted by molar-refractivity contribution is 14.1. The Bertz CT molecular complexity index is 743. The van der Waals surface area contributed by atoms with Crippen molar-refractivity contribution in [3.63, 3.8) is 0 Å². The molecule has 0 amide bonds. The van der Waals surface area contributed by atoms with E-state index in [1.54, 1.807) is 7.11 Å². The Kier molecular flexibility index (Phi) is 10.8. The third kappa shape index (κ3) is 7.34. The molecule has 0 radical (unpaired) electrons. The van der Waals surface area contributed by atoms with Crippen LogP contribution in [0.4, 0.5) is 0 Å². The zero-order chi connectivity index (χ0) is 21.9. The van der Waals surface area contributed by atoms with Crippen LogP contribution in [0, 0.1) is 5.92 Å². The van der Waals surface area contributed by atoms with Crippen LogP contribution < -0.4 is 0 Å². The summed E-state index contributed by atoms with van der Waals surface area (Å²) in [6, 6.07) is 10.5. The summed E-state index contributed by atoms with van der Waals surface area (Å²) in [6.45, 7) is 8.73. The molecule has 0 bridgehead atoms. The normalized spacial score (nSPS) is 18.5. The molecule has 0 fully saturated rings. The van der Waals surface area contributed by atoms with Gasteiger partial charge in [0.25, 0.3) is 0 Å². The lowest BCUT2D eigenvalue weighted by atomic mass is 9.97. The minimum Gasteiger partial charge on any atom is -0.382 e. The molecular formula is C25H35IN2O2. The average Bonchev–Trinajstić information content (AvgIpc) is 2.74. The molecule has 0 spiro atoms. The van der Waals surface area contributed by atoms with Crippen LogP contribution in [0.25, 0.3) is 0 Å². The summed E-state index contributed by atoms with van der Waals surface area (Å²) in [5, 5.41) is 0. The predicted octanol–water partition coefficient (Wildman–Crippen LogP) is 6.16. The van der Waals surface area contributed by atoms with Crippen molar-refractivity contribution in [1.29, 1.82) is 0 Å². The summed E-state index contributed by atoms with van der Waals surface area (Å²) < 4.78 is 6.22. The summed E-state index contributed by atoms with van der Waals surface area (Å²) >= 11 is 2.16. The molecule has 0 aliphatic carbocycles. The molecule has 1 aliphatic heterocycles. The number of Topliss-reactive ketones (excluding diaryl/α,β-unsaturated/α-hetero) is 1. The van der Waals surface area contributed by atoms with Gasteiger partial charge in [-0.15, -0.1) is 6.58 Å². The van der Waals surface area contributed by atoms with E-state index in [2.05, 4.69) is 60.0 Å². The summed E-state index contributed by atoms with van der Waals surface area (Å²) in [5.74, 6) is 1.52. The number of ketones is 1. The highest BCUT2D eigenvalue weighted by Gasteiger charge is 2.30. The molecule has 1 heterocycles. The number of allylic oxidation sites excluding steroid dienone is 2. The van der Waals surface area contributed by atoms with Gasteiger partial charge in [-0.1, -0.05) is 63.1 Å². The fraction of sp³-hybridized carbons (Fsp3) is 0.520. The van der Waals surface area contributed by atoms with Crippen LogP contribution in [0.5, 0.6) is 0 Å². The molecule has 1 aromatic rings. The van der Waals surface area contributed by atoms with Gasteiger partial charge in [0.1, 0.15) is 5.84 Å². The van der Waals surface area contributed by atoms with E-state index in [1.165, 1.54) is 0 Å². The van der Waals surface area contributed by atoms with E-state index in [0.717, 1.165) is 47.1 Å². The Hall–Kier alpha value is -1.47. The van der Waals surface area contributed by atoms with Crippen LogP contribution in [0.15, 0.2) is 57.8 Å². The van der Waals surface area contributed by atoms with Crippen molar-refractivity contribution in [3.05, 3.63) is 58.3 Å². The molecule has 0 saturated carbocycles. The average molecular weight is 522 g/mol. The number of methoxy groups -OCH3 is 1. The summed E-state index contributed by atoms with van der Waals surface area (Å²) in [5.41, 5.74) is 1.07. The second-order valence-corrected chi connectivity index (χ2v) is 9.34. The van der Waals surface area contributed by atoms with E-state index in [1.807, 2.05) is 30.5 Å². The van der Waals surface area contributed by atoms with Crippen LogP contribution in [-0.4, -0.2) is 42.3 Å². The quantitative estimate of drug-likeness (QED) is 0.115. The molecule has 0 saturated heterocycles. The maximum absolute atomic E-state index is 12.5. The largest absolute Gasteiger partial charge is 0.382 e. The van der Waals surface area contributed by atoms with E-state index in [0.29, 0.717) is 18.9 Å². The lowest BCUT2D eigenvalue weighted by Gasteiger charge is -2.36. The number of rotatable bonds is 11. The Morgan fingerprint density at radius 1 is 1.30 bits per heavy atom. The van der Waals surface area contributed by atoms with Gasteiger partial charge in [0.15, 0.2) is 5.78 Å². The lowest BCUT2D eigenvalue weighted by molar-refractivity contribution is -0.116. The monoisotopic (exact) mass is 522 g/mol. The molecule has 0 N–H and O–H groups in total. The summed E-state index contributed by atoms with van der Waals surface area (Å²) in [4.78, 5) is 19.9. The Morgan fingerprint density at radius 3 is 2.67 bits per heavy atom. The van der Waals surface area contributed by atoms with Crippen molar-refractivity contribution >= 4 is 34.2 Å². The number of ether oxygens (including phenoxy) is 1. The maximum atomic E-state index is 12.5. The highest BCUT2D eigenvalue weighted by Crippen LogP contribution is 2.28. The molecule has 2 rings (SSSR count). The summed E-state index contributed by atoms with van der Waals surface area (Å²) in [7, 11) is 1.72. The number of halogens is 1. The number of unbranched alkanes of at least 4 members (excludes halogenated alkanes) is 3. The molecule has 1 aromatic carbocycles. The fourth-order valence-electron chi connectivity index (χ4n) is 3.61. The zero-order valence-electron chi connectivity index (χ0n) is 18.5. The van der Waals surface area contributed by atoms with Crippen LogP contribution >= 0.6 is 22.6 Å². The van der Waals surface area contributed by atoms with Crippen LogP contribution in [0.1, 0.15) is 57.9 Å². The molecule has 5 heteroatoms. The molecule has 0 aromatic heterocycles. The second kappa shape index (κ2) is 13.1. The number of nitrogens with zero attached hydrogens (tertiary/aromatic N) is 2. The first-order valence-electron chi connectivity index (χ1n) is 10.9. The Balaban J connectivity index is 2.38. The van der Waals surface area contributed by atoms with Gasteiger partial charge in [-0.05, 0) is 47.8 Å². The number of carbonyl (C=O) groups is 1. The molecule has 0 unspecified atom stereocenters. The van der Waals surface area contributed by atoms with Gasteiger partial charge in [0.05, 0.1) is 16.2 Å². The molecule has 164 valence electrons. The molecule has 4 nitrogen and oxygen atoms in total. The third-order valence-corrected chi connectivity index (χ3v) is 6.33. The highest BCUT2D eigenvalue weighted by atomic mass is 127. The SMILES string of the molecule is C=CCCCCC[C@@H]1CC(=O)C(I)=CN1C(=N[C@H](COC)C(C)C)c1ccccc1. The van der Waals surface area contributed by atoms with E-state index >= 15 is 0 Å². The van der Waals surface area contributed by atoms with Gasteiger partial charge in [-0.25, -0.2) is 0 Å². The number of aliphatic imine (C=N–C) groups is 1. The molecular weight excluding hydrogens is 487 g/mol. The van der Waals surface area contributed by atoms with Gasteiger partial charge < -0.3 is 9.64 Å². The van der Waals surface area contributed by atoms with Crippen molar-refractivity contribution in [2.75, 3.05) is 13.7 Å². The van der Waals surface area contributed by atoms with Gasteiger partial charge in [0, 0.05) is 31.3 Å². The maximum Gasteiger partial charge on any atom is 0.172 e. The van der Waals surface area contributed by atoms with Crippen molar-refractivity contribution in [2.24, 2.45) is 10.9 Å². The Labute approximate surface area is 195 Å². The van der Waals surface area contributed by atoms with Gasteiger partial charge in [-0.2, -0.15) is 0 Å². The standard InChI is InChI=1S/C25H35IN2O2/c1-5-6-7-8-12-15-21-16-24(29)22(26)17-28(21)25(20-13-10-9-11-14-20)27-23(18-30-4)19(2)3/h5,9-11,13-14,17,19,21,23H,1,6-8,12,15-16,18H2,2-4H3/t21-,23-/m1/s1. The van der Waals surface area contributed by atoms with Crippen molar-refractivity contribution in [3.8, 4) is 0 Å². The summed E-state index contributed by atoms with van der Waals surface area (Å²) in [6.07, 6.45) is 9.95. The topological polar surface area (TPSA) is 41.9 Å². The smallest absolute Gasteiger partial charge is 0.172 e. The van der Waals surface area contributed by atoms with E-state index < -0.39 is 0 Å². The second-order valence-electron chi connectivity index (χ2n) is 8.18. The van der Waals surface area contributed by atoms with E-state index in [9.17, 15) is 4.79 Å². The molecule has 30 heavy (non-hydrogen) atoms. The van der Waals surface area contributed by atoms with E-state index in [4.69, 9.17) is 9.73 Å². The van der Waals surface area contributed by atoms with Gasteiger partial charge in [-0.3, -0.25) is 9.79 Å². The minimum atomic E-state index is 0.0575. The number of carbonyl (C=O) groups excluding carboxylic acids is 1. The van der Waals surface area contributed by atoms with Crippen molar-refractivity contribution in [2.45, 2.75) is 64.5 Å². The fourth-order valence-corrected chi connectivity index (χ4v) is 4.13. The molecule has 2 atom stereocenters. The van der Waals surface area contributed by atoms with Crippen LogP contribution in [-0.2, 0) is 9.53 Å². The minimum absolute atomic E-state index is 0.0575.